The van der Waals surface area contributed by atoms with Crippen molar-refractivity contribution in [3.63, 3.8) is 0 Å². The molecule has 7 nitrogen and oxygen atoms in total. The van der Waals surface area contributed by atoms with E-state index in [9.17, 15) is 13.2 Å². The SMILES string of the molecule is COc1ccc(S(=O)(=O)N2Cc3ccccc3C[C@H]2C(=O)Nc2nccs2)cc1. The number of amides is 1. The highest BCUT2D eigenvalue weighted by Gasteiger charge is 2.39. The summed E-state index contributed by atoms with van der Waals surface area (Å²) in [6.45, 7) is 0.125. The first kappa shape index (κ1) is 19.6. The first-order valence-corrected chi connectivity index (χ1v) is 11.2. The van der Waals surface area contributed by atoms with E-state index < -0.39 is 22.0 Å². The number of methoxy groups -OCH3 is 1. The third-order valence-corrected chi connectivity index (χ3v) is 7.39. The molecule has 2 heterocycles. The van der Waals surface area contributed by atoms with Crippen LogP contribution in [0.4, 0.5) is 5.13 Å². The number of rotatable bonds is 5. The molecule has 0 unspecified atom stereocenters. The maximum atomic E-state index is 13.4. The molecule has 0 spiro atoms. The van der Waals surface area contributed by atoms with Gasteiger partial charge in [-0.05, 0) is 41.8 Å². The van der Waals surface area contributed by atoms with Crippen LogP contribution in [0.25, 0.3) is 0 Å². The van der Waals surface area contributed by atoms with Crippen LogP contribution >= 0.6 is 11.3 Å². The number of nitrogens with one attached hydrogen (secondary N) is 1. The van der Waals surface area contributed by atoms with Gasteiger partial charge in [0.1, 0.15) is 11.8 Å². The van der Waals surface area contributed by atoms with E-state index in [1.807, 2.05) is 24.3 Å². The van der Waals surface area contributed by atoms with Gasteiger partial charge in [-0.15, -0.1) is 11.3 Å². The first-order valence-electron chi connectivity index (χ1n) is 8.92. The van der Waals surface area contributed by atoms with Gasteiger partial charge in [0.15, 0.2) is 5.13 Å². The zero-order valence-electron chi connectivity index (χ0n) is 15.6. The van der Waals surface area contributed by atoms with E-state index in [4.69, 9.17) is 4.74 Å². The van der Waals surface area contributed by atoms with Crippen LogP contribution < -0.4 is 10.1 Å². The Kier molecular flexibility index (Phi) is 5.35. The predicted molar refractivity (Wildman–Crippen MR) is 110 cm³/mol. The third kappa shape index (κ3) is 3.89. The van der Waals surface area contributed by atoms with Gasteiger partial charge in [0.05, 0.1) is 12.0 Å². The number of thiazole rings is 1. The lowest BCUT2D eigenvalue weighted by Gasteiger charge is -2.34. The van der Waals surface area contributed by atoms with Gasteiger partial charge >= 0.3 is 0 Å². The van der Waals surface area contributed by atoms with Crippen LogP contribution in [0.2, 0.25) is 0 Å². The summed E-state index contributed by atoms with van der Waals surface area (Å²) < 4.78 is 33.2. The molecule has 0 saturated heterocycles. The Morgan fingerprint density at radius 3 is 2.55 bits per heavy atom. The summed E-state index contributed by atoms with van der Waals surface area (Å²) in [4.78, 5) is 17.2. The van der Waals surface area contributed by atoms with Crippen molar-refractivity contribution in [2.24, 2.45) is 0 Å². The molecular weight excluding hydrogens is 410 g/mol. The fourth-order valence-corrected chi connectivity index (χ4v) is 5.43. The monoisotopic (exact) mass is 429 g/mol. The van der Waals surface area contributed by atoms with Gasteiger partial charge in [-0.25, -0.2) is 13.4 Å². The maximum absolute atomic E-state index is 13.4. The molecule has 1 N–H and O–H groups in total. The molecule has 0 saturated carbocycles. The van der Waals surface area contributed by atoms with E-state index in [-0.39, 0.29) is 11.4 Å². The Bertz CT molecular complexity index is 1110. The van der Waals surface area contributed by atoms with Crippen LogP contribution in [0.3, 0.4) is 0 Å². The lowest BCUT2D eigenvalue weighted by Crippen LogP contribution is -2.50. The van der Waals surface area contributed by atoms with Gasteiger partial charge in [-0.1, -0.05) is 24.3 Å². The van der Waals surface area contributed by atoms with E-state index in [1.54, 1.807) is 23.7 Å². The molecule has 1 aromatic heterocycles. The summed E-state index contributed by atoms with van der Waals surface area (Å²) in [7, 11) is -2.38. The second-order valence-electron chi connectivity index (χ2n) is 6.54. The number of ether oxygens (including phenoxy) is 1. The van der Waals surface area contributed by atoms with E-state index in [0.29, 0.717) is 17.3 Å². The van der Waals surface area contributed by atoms with Crippen molar-refractivity contribution in [1.82, 2.24) is 9.29 Å². The van der Waals surface area contributed by atoms with Crippen LogP contribution in [0.5, 0.6) is 5.75 Å². The minimum atomic E-state index is -3.90. The van der Waals surface area contributed by atoms with Gasteiger partial charge in [0.25, 0.3) is 0 Å². The van der Waals surface area contributed by atoms with Gasteiger partial charge < -0.3 is 10.1 Å². The molecule has 2 aromatic carbocycles. The minimum Gasteiger partial charge on any atom is -0.497 e. The number of aromatic nitrogens is 1. The first-order chi connectivity index (χ1) is 14.0. The van der Waals surface area contributed by atoms with Crippen molar-refractivity contribution in [2.75, 3.05) is 12.4 Å². The molecule has 0 radical (unpaired) electrons. The summed E-state index contributed by atoms with van der Waals surface area (Å²) in [5.74, 6) is 0.164. The lowest BCUT2D eigenvalue weighted by molar-refractivity contribution is -0.120. The number of nitrogens with zero attached hydrogens (tertiary/aromatic N) is 2. The molecule has 0 fully saturated rings. The highest BCUT2D eigenvalue weighted by atomic mass is 32.2. The third-order valence-electron chi connectivity index (χ3n) is 4.84. The molecule has 3 aromatic rings. The number of benzene rings is 2. The van der Waals surface area contributed by atoms with Crippen LogP contribution in [0.15, 0.2) is 65.0 Å². The highest BCUT2D eigenvalue weighted by molar-refractivity contribution is 7.89. The Morgan fingerprint density at radius 2 is 1.90 bits per heavy atom. The minimum absolute atomic E-state index is 0.115. The van der Waals surface area contributed by atoms with Crippen molar-refractivity contribution in [3.8, 4) is 5.75 Å². The Labute approximate surface area is 173 Å². The Morgan fingerprint density at radius 1 is 1.17 bits per heavy atom. The maximum Gasteiger partial charge on any atom is 0.244 e. The van der Waals surface area contributed by atoms with Crippen molar-refractivity contribution >= 4 is 32.4 Å². The molecule has 29 heavy (non-hydrogen) atoms. The summed E-state index contributed by atoms with van der Waals surface area (Å²) in [5.41, 5.74) is 1.86. The van der Waals surface area contributed by atoms with Crippen LogP contribution in [-0.4, -0.2) is 36.8 Å². The van der Waals surface area contributed by atoms with E-state index in [0.717, 1.165) is 11.1 Å². The zero-order valence-corrected chi connectivity index (χ0v) is 17.2. The Balaban J connectivity index is 1.71. The quantitative estimate of drug-likeness (QED) is 0.674. The average Bonchev–Trinajstić information content (AvgIpc) is 3.25. The highest BCUT2D eigenvalue weighted by Crippen LogP contribution is 2.30. The normalized spacial score (nSPS) is 16.8. The summed E-state index contributed by atoms with van der Waals surface area (Å²) in [6.07, 6.45) is 1.88. The predicted octanol–water partition coefficient (Wildman–Crippen LogP) is 2.91. The molecule has 0 aliphatic carbocycles. The topological polar surface area (TPSA) is 88.6 Å². The number of carbonyl (C=O) groups excluding carboxylic acids is 1. The lowest BCUT2D eigenvalue weighted by atomic mass is 9.95. The number of carbonyl (C=O) groups is 1. The second-order valence-corrected chi connectivity index (χ2v) is 9.33. The summed E-state index contributed by atoms with van der Waals surface area (Å²) in [6, 6.07) is 12.9. The molecule has 1 amide bonds. The van der Waals surface area contributed by atoms with Crippen LogP contribution in [0.1, 0.15) is 11.1 Å². The van der Waals surface area contributed by atoms with Gasteiger partial charge in [-0.2, -0.15) is 4.31 Å². The Hall–Kier alpha value is -2.75. The molecule has 1 atom stereocenters. The van der Waals surface area contributed by atoms with Crippen molar-refractivity contribution in [2.45, 2.75) is 23.9 Å². The molecule has 1 aliphatic rings. The number of anilines is 1. The number of hydrogen-bond acceptors (Lipinski definition) is 6. The van der Waals surface area contributed by atoms with E-state index in [2.05, 4.69) is 10.3 Å². The fourth-order valence-electron chi connectivity index (χ4n) is 3.33. The second kappa shape index (κ2) is 7.94. The number of sulfonamides is 1. The summed E-state index contributed by atoms with van der Waals surface area (Å²) >= 11 is 1.29. The van der Waals surface area contributed by atoms with Crippen molar-refractivity contribution in [1.29, 1.82) is 0 Å². The standard InChI is InChI=1S/C20H19N3O4S2/c1-27-16-6-8-17(9-7-16)29(25,26)23-13-15-5-3-2-4-14(15)12-18(23)19(24)22-20-21-10-11-28-20/h2-11,18H,12-13H2,1H3,(H,21,22,24)/t18-/m0/s1. The van der Waals surface area contributed by atoms with Crippen LogP contribution in [0, 0.1) is 0 Å². The van der Waals surface area contributed by atoms with Gasteiger partial charge in [-0.3, -0.25) is 4.79 Å². The largest absolute Gasteiger partial charge is 0.497 e. The number of hydrogen-bond donors (Lipinski definition) is 1. The van der Waals surface area contributed by atoms with Crippen molar-refractivity contribution < 1.29 is 17.9 Å². The van der Waals surface area contributed by atoms with E-state index >= 15 is 0 Å². The van der Waals surface area contributed by atoms with E-state index in [1.165, 1.54) is 34.9 Å². The molecule has 1 aliphatic heterocycles. The van der Waals surface area contributed by atoms with Crippen molar-refractivity contribution in [3.05, 3.63) is 71.2 Å². The van der Waals surface area contributed by atoms with Crippen LogP contribution in [-0.2, 0) is 27.8 Å². The summed E-state index contributed by atoms with van der Waals surface area (Å²) in [5, 5.41) is 4.92. The molecule has 4 rings (SSSR count). The molecule has 150 valence electrons. The van der Waals surface area contributed by atoms with Gasteiger partial charge in [0, 0.05) is 18.1 Å². The molecular formula is C20H19N3O4S2. The zero-order chi connectivity index (χ0) is 20.4. The number of fused-ring (bicyclic) bond motifs is 1. The average molecular weight is 430 g/mol. The fraction of sp³-hybridized carbons (Fsp3) is 0.200. The van der Waals surface area contributed by atoms with Gasteiger partial charge in [0.2, 0.25) is 15.9 Å². The molecule has 9 heteroatoms. The smallest absolute Gasteiger partial charge is 0.244 e. The molecule has 0 bridgehead atoms.